The highest BCUT2D eigenvalue weighted by atomic mass is 16.5. The molecule has 3 aromatic rings. The van der Waals surface area contributed by atoms with Crippen LogP contribution in [-0.4, -0.2) is 34.3 Å². The number of hydrogen-bond acceptors (Lipinski definition) is 4. The molecule has 6 nitrogen and oxygen atoms in total. The monoisotopic (exact) mass is 322 g/mol. The van der Waals surface area contributed by atoms with Gasteiger partial charge in [0.15, 0.2) is 0 Å². The van der Waals surface area contributed by atoms with Gasteiger partial charge in [-0.05, 0) is 23.8 Å². The molecule has 0 bridgehead atoms. The zero-order valence-corrected chi connectivity index (χ0v) is 13.3. The summed E-state index contributed by atoms with van der Waals surface area (Å²) in [5.41, 5.74) is 2.14. The van der Waals surface area contributed by atoms with Crippen molar-refractivity contribution in [1.29, 1.82) is 0 Å². The standard InChI is InChI=1S/C18H18N4O2/c1-24-17(14-6-3-2-4-7-14)13-20-18(23)16-12-15(8-10-19-16)22-11-5-9-21-22/h2-12,17H,13H2,1H3,(H,20,23)/t17-/m1/s1. The average molecular weight is 322 g/mol. The Hall–Kier alpha value is -2.99. The van der Waals surface area contributed by atoms with Gasteiger partial charge in [0.2, 0.25) is 0 Å². The van der Waals surface area contributed by atoms with Crippen LogP contribution in [0, 0.1) is 0 Å². The van der Waals surface area contributed by atoms with E-state index in [1.54, 1.807) is 36.3 Å². The molecule has 1 atom stereocenters. The van der Waals surface area contributed by atoms with Gasteiger partial charge < -0.3 is 10.1 Å². The van der Waals surface area contributed by atoms with Crippen molar-refractivity contribution >= 4 is 5.91 Å². The van der Waals surface area contributed by atoms with Crippen molar-refractivity contribution in [2.75, 3.05) is 13.7 Å². The smallest absolute Gasteiger partial charge is 0.270 e. The predicted octanol–water partition coefficient (Wildman–Crippen LogP) is 2.38. The first-order chi connectivity index (χ1) is 11.8. The molecule has 1 amide bonds. The number of amides is 1. The summed E-state index contributed by atoms with van der Waals surface area (Å²) in [5, 5.41) is 7.02. The average Bonchev–Trinajstić information content (AvgIpc) is 3.18. The van der Waals surface area contributed by atoms with E-state index in [2.05, 4.69) is 15.4 Å². The first-order valence-corrected chi connectivity index (χ1v) is 7.60. The number of aromatic nitrogens is 3. The minimum atomic E-state index is -0.248. The number of carbonyl (C=O) groups is 1. The van der Waals surface area contributed by atoms with Crippen LogP contribution < -0.4 is 5.32 Å². The lowest BCUT2D eigenvalue weighted by Crippen LogP contribution is -2.29. The Bertz CT molecular complexity index is 788. The number of nitrogens with zero attached hydrogens (tertiary/aromatic N) is 3. The molecule has 2 aromatic heterocycles. The lowest BCUT2D eigenvalue weighted by molar-refractivity contribution is 0.0824. The number of carbonyl (C=O) groups excluding carboxylic acids is 1. The minimum absolute atomic E-state index is 0.204. The molecule has 2 heterocycles. The van der Waals surface area contributed by atoms with Crippen molar-refractivity contribution in [2.24, 2.45) is 0 Å². The molecular weight excluding hydrogens is 304 g/mol. The predicted molar refractivity (Wildman–Crippen MR) is 89.9 cm³/mol. The van der Waals surface area contributed by atoms with Crippen LogP contribution in [0.25, 0.3) is 5.69 Å². The Morgan fingerprint density at radius 1 is 1.21 bits per heavy atom. The van der Waals surface area contributed by atoms with Gasteiger partial charge in [0.1, 0.15) is 5.69 Å². The maximum atomic E-state index is 12.4. The van der Waals surface area contributed by atoms with Gasteiger partial charge in [-0.1, -0.05) is 30.3 Å². The Labute approximate surface area is 140 Å². The van der Waals surface area contributed by atoms with E-state index in [0.717, 1.165) is 11.3 Å². The number of pyridine rings is 1. The maximum Gasteiger partial charge on any atom is 0.270 e. The highest BCUT2D eigenvalue weighted by molar-refractivity contribution is 5.92. The van der Waals surface area contributed by atoms with E-state index in [9.17, 15) is 4.79 Å². The summed E-state index contributed by atoms with van der Waals surface area (Å²) in [5.74, 6) is -0.248. The summed E-state index contributed by atoms with van der Waals surface area (Å²) in [6.45, 7) is 0.368. The quantitative estimate of drug-likeness (QED) is 0.756. The van der Waals surface area contributed by atoms with Crippen molar-refractivity contribution in [3.8, 4) is 5.69 Å². The Balaban J connectivity index is 1.68. The van der Waals surface area contributed by atoms with Crippen molar-refractivity contribution in [2.45, 2.75) is 6.10 Å². The molecular formula is C18H18N4O2. The first kappa shape index (κ1) is 15.9. The maximum absolute atomic E-state index is 12.4. The Kier molecular flexibility index (Phi) is 4.98. The normalized spacial score (nSPS) is 11.9. The molecule has 0 fully saturated rings. The van der Waals surface area contributed by atoms with E-state index >= 15 is 0 Å². The lowest BCUT2D eigenvalue weighted by Gasteiger charge is -2.16. The summed E-state index contributed by atoms with van der Waals surface area (Å²) in [6, 6.07) is 15.1. The summed E-state index contributed by atoms with van der Waals surface area (Å²) in [6.07, 6.45) is 4.89. The number of benzene rings is 1. The Morgan fingerprint density at radius 2 is 2.04 bits per heavy atom. The highest BCUT2D eigenvalue weighted by Crippen LogP contribution is 2.15. The van der Waals surface area contributed by atoms with E-state index < -0.39 is 0 Å². The van der Waals surface area contributed by atoms with Gasteiger partial charge in [-0.15, -0.1) is 0 Å². The van der Waals surface area contributed by atoms with Gasteiger partial charge in [-0.2, -0.15) is 5.10 Å². The minimum Gasteiger partial charge on any atom is -0.375 e. The van der Waals surface area contributed by atoms with Crippen LogP contribution in [0.4, 0.5) is 0 Å². The molecule has 0 unspecified atom stereocenters. The number of methoxy groups -OCH3 is 1. The van der Waals surface area contributed by atoms with E-state index in [1.165, 1.54) is 0 Å². The van der Waals surface area contributed by atoms with Gasteiger partial charge >= 0.3 is 0 Å². The van der Waals surface area contributed by atoms with E-state index in [4.69, 9.17) is 4.74 Å². The summed E-state index contributed by atoms with van der Waals surface area (Å²) in [7, 11) is 1.63. The largest absolute Gasteiger partial charge is 0.375 e. The van der Waals surface area contributed by atoms with Crippen LogP contribution in [0.3, 0.4) is 0 Å². The second-order valence-electron chi connectivity index (χ2n) is 5.19. The van der Waals surface area contributed by atoms with Crippen LogP contribution in [0.15, 0.2) is 67.1 Å². The molecule has 0 saturated heterocycles. The fourth-order valence-electron chi connectivity index (χ4n) is 2.39. The molecule has 0 aliphatic carbocycles. The number of hydrogen-bond donors (Lipinski definition) is 1. The summed E-state index contributed by atoms with van der Waals surface area (Å²) < 4.78 is 7.14. The first-order valence-electron chi connectivity index (χ1n) is 7.60. The highest BCUT2D eigenvalue weighted by Gasteiger charge is 2.14. The molecule has 3 rings (SSSR count). The Morgan fingerprint density at radius 3 is 2.75 bits per heavy atom. The van der Waals surface area contributed by atoms with Crippen molar-refractivity contribution < 1.29 is 9.53 Å². The number of rotatable bonds is 6. The second-order valence-corrected chi connectivity index (χ2v) is 5.19. The van der Waals surface area contributed by atoms with Crippen molar-refractivity contribution in [3.05, 3.63) is 78.4 Å². The number of ether oxygens (including phenoxy) is 1. The third-order valence-corrected chi connectivity index (χ3v) is 3.65. The van der Waals surface area contributed by atoms with Gasteiger partial charge in [0.05, 0.1) is 11.8 Å². The molecule has 24 heavy (non-hydrogen) atoms. The van der Waals surface area contributed by atoms with Gasteiger partial charge in [0, 0.05) is 32.2 Å². The lowest BCUT2D eigenvalue weighted by atomic mass is 10.1. The third kappa shape index (κ3) is 3.67. The van der Waals surface area contributed by atoms with E-state index in [0.29, 0.717) is 12.2 Å². The van der Waals surface area contributed by atoms with Crippen LogP contribution in [0.2, 0.25) is 0 Å². The van der Waals surface area contributed by atoms with Crippen molar-refractivity contribution in [3.63, 3.8) is 0 Å². The molecule has 1 aromatic carbocycles. The van der Waals surface area contributed by atoms with E-state index in [-0.39, 0.29) is 12.0 Å². The molecule has 0 aliphatic heterocycles. The van der Waals surface area contributed by atoms with Crippen LogP contribution in [0.1, 0.15) is 22.2 Å². The van der Waals surface area contributed by atoms with E-state index in [1.807, 2.05) is 42.6 Å². The molecule has 0 radical (unpaired) electrons. The van der Waals surface area contributed by atoms with Crippen LogP contribution in [-0.2, 0) is 4.74 Å². The molecule has 0 saturated carbocycles. The zero-order valence-electron chi connectivity index (χ0n) is 13.3. The zero-order chi connectivity index (χ0) is 16.8. The fourth-order valence-corrected chi connectivity index (χ4v) is 2.39. The summed E-state index contributed by atoms with van der Waals surface area (Å²) in [4.78, 5) is 16.5. The molecule has 122 valence electrons. The third-order valence-electron chi connectivity index (χ3n) is 3.65. The molecule has 0 aliphatic rings. The van der Waals surface area contributed by atoms with Crippen LogP contribution >= 0.6 is 0 Å². The second kappa shape index (κ2) is 7.52. The van der Waals surface area contributed by atoms with Crippen molar-refractivity contribution in [1.82, 2.24) is 20.1 Å². The number of nitrogens with one attached hydrogen (secondary N) is 1. The van der Waals surface area contributed by atoms with Crippen LogP contribution in [0.5, 0.6) is 0 Å². The van der Waals surface area contributed by atoms with Gasteiger partial charge in [-0.25, -0.2) is 4.68 Å². The molecule has 6 heteroatoms. The van der Waals surface area contributed by atoms with Gasteiger partial charge in [-0.3, -0.25) is 9.78 Å². The fraction of sp³-hybridized carbons (Fsp3) is 0.167. The topological polar surface area (TPSA) is 69.0 Å². The molecule has 0 spiro atoms. The SMILES string of the molecule is CO[C@H](CNC(=O)c1cc(-n2cccn2)ccn1)c1ccccc1. The molecule has 1 N–H and O–H groups in total. The van der Waals surface area contributed by atoms with Gasteiger partial charge in [0.25, 0.3) is 5.91 Å². The summed E-state index contributed by atoms with van der Waals surface area (Å²) >= 11 is 0.